The summed E-state index contributed by atoms with van der Waals surface area (Å²) in [6.07, 6.45) is 2.11. The summed E-state index contributed by atoms with van der Waals surface area (Å²) in [5, 5.41) is 0.268. The van der Waals surface area contributed by atoms with Crippen LogP contribution in [0.3, 0.4) is 0 Å². The minimum absolute atomic E-state index is 0.196. The van der Waals surface area contributed by atoms with E-state index in [1.54, 1.807) is 0 Å². The molecule has 1 aliphatic rings. The predicted molar refractivity (Wildman–Crippen MR) is 63.5 cm³/mol. The second-order valence-electron chi connectivity index (χ2n) is 4.34. The maximum Gasteiger partial charge on any atom is 0.0841 e. The van der Waals surface area contributed by atoms with Gasteiger partial charge in [-0.3, -0.25) is 0 Å². The Morgan fingerprint density at radius 1 is 1.33 bits per heavy atom. The molecule has 0 N–H and O–H groups in total. The molecule has 0 spiro atoms. The predicted octanol–water partition coefficient (Wildman–Crippen LogP) is 3.76. The van der Waals surface area contributed by atoms with E-state index < -0.39 is 0 Å². The topological polar surface area (TPSA) is 9.23 Å². The first kappa shape index (κ1) is 11.0. The van der Waals surface area contributed by atoms with Gasteiger partial charge in [0.2, 0.25) is 0 Å². The standard InChI is InChI=1S/C13H17ClO/c1-9-3-4-12(10(2)7-9)13-8-11(14)5-6-15-13/h3-4,7,11,13H,5-6,8H2,1-2H3. The van der Waals surface area contributed by atoms with E-state index in [0.717, 1.165) is 19.4 Å². The van der Waals surface area contributed by atoms with Crippen LogP contribution < -0.4 is 0 Å². The van der Waals surface area contributed by atoms with E-state index in [9.17, 15) is 0 Å². The highest BCUT2D eigenvalue weighted by Crippen LogP contribution is 2.32. The first-order valence-corrected chi connectivity index (χ1v) is 5.93. The number of benzene rings is 1. The molecular weight excluding hydrogens is 208 g/mol. The maximum atomic E-state index is 6.16. The van der Waals surface area contributed by atoms with Crippen LogP contribution in [0.5, 0.6) is 0 Å². The van der Waals surface area contributed by atoms with Gasteiger partial charge in [0.15, 0.2) is 0 Å². The molecule has 0 aromatic heterocycles. The molecule has 0 saturated carbocycles. The van der Waals surface area contributed by atoms with Crippen molar-refractivity contribution in [2.24, 2.45) is 0 Å². The molecule has 2 rings (SSSR count). The SMILES string of the molecule is Cc1ccc(C2CC(Cl)CCO2)c(C)c1. The van der Waals surface area contributed by atoms with Crippen LogP contribution >= 0.6 is 11.6 Å². The Morgan fingerprint density at radius 2 is 2.13 bits per heavy atom. The van der Waals surface area contributed by atoms with Crippen LogP contribution in [0.4, 0.5) is 0 Å². The first-order valence-electron chi connectivity index (χ1n) is 5.49. The third-order valence-electron chi connectivity index (χ3n) is 2.99. The van der Waals surface area contributed by atoms with Gasteiger partial charge in [-0.05, 0) is 37.8 Å². The molecule has 2 unspecified atom stereocenters. The number of hydrogen-bond acceptors (Lipinski definition) is 1. The molecule has 1 aliphatic heterocycles. The monoisotopic (exact) mass is 224 g/mol. The Hall–Kier alpha value is -0.530. The minimum Gasteiger partial charge on any atom is -0.373 e. The lowest BCUT2D eigenvalue weighted by Crippen LogP contribution is -2.20. The van der Waals surface area contributed by atoms with Crippen LogP contribution in [0, 0.1) is 13.8 Å². The molecule has 0 amide bonds. The molecular formula is C13H17ClO. The van der Waals surface area contributed by atoms with E-state index in [-0.39, 0.29) is 11.5 Å². The van der Waals surface area contributed by atoms with Gasteiger partial charge < -0.3 is 4.74 Å². The molecule has 82 valence electrons. The van der Waals surface area contributed by atoms with Gasteiger partial charge in [0.25, 0.3) is 0 Å². The summed E-state index contributed by atoms with van der Waals surface area (Å²) in [5.74, 6) is 0. The fourth-order valence-corrected chi connectivity index (χ4v) is 2.41. The quantitative estimate of drug-likeness (QED) is 0.660. The lowest BCUT2D eigenvalue weighted by molar-refractivity contribution is 0.0165. The van der Waals surface area contributed by atoms with Crippen LogP contribution in [0.25, 0.3) is 0 Å². The van der Waals surface area contributed by atoms with Gasteiger partial charge in [-0.25, -0.2) is 0 Å². The molecule has 1 nitrogen and oxygen atoms in total. The minimum atomic E-state index is 0.196. The van der Waals surface area contributed by atoms with Gasteiger partial charge in [0.1, 0.15) is 0 Å². The Kier molecular flexibility index (Phi) is 3.32. The summed E-state index contributed by atoms with van der Waals surface area (Å²) < 4.78 is 5.77. The molecule has 0 radical (unpaired) electrons. The highest BCUT2D eigenvalue weighted by atomic mass is 35.5. The molecule has 0 aliphatic carbocycles. The molecule has 1 heterocycles. The van der Waals surface area contributed by atoms with Gasteiger partial charge >= 0.3 is 0 Å². The molecule has 0 bridgehead atoms. The molecule has 2 heteroatoms. The van der Waals surface area contributed by atoms with Crippen molar-refractivity contribution in [1.29, 1.82) is 0 Å². The average molecular weight is 225 g/mol. The fourth-order valence-electron chi connectivity index (χ4n) is 2.16. The van der Waals surface area contributed by atoms with Gasteiger partial charge in [0.05, 0.1) is 6.10 Å². The number of alkyl halides is 1. The van der Waals surface area contributed by atoms with Crippen molar-refractivity contribution < 1.29 is 4.74 Å². The van der Waals surface area contributed by atoms with E-state index in [0.29, 0.717) is 0 Å². The maximum absolute atomic E-state index is 6.16. The normalized spacial score (nSPS) is 26.6. The van der Waals surface area contributed by atoms with Crippen LogP contribution in [0.15, 0.2) is 18.2 Å². The molecule has 1 fully saturated rings. The molecule has 2 atom stereocenters. The van der Waals surface area contributed by atoms with Gasteiger partial charge in [0, 0.05) is 12.0 Å². The summed E-state index contributed by atoms with van der Waals surface area (Å²) in [6.45, 7) is 5.04. The van der Waals surface area contributed by atoms with Crippen LogP contribution in [0.2, 0.25) is 0 Å². The van der Waals surface area contributed by atoms with Crippen molar-refractivity contribution in [2.45, 2.75) is 38.2 Å². The van der Waals surface area contributed by atoms with E-state index in [1.165, 1.54) is 16.7 Å². The number of rotatable bonds is 1. The van der Waals surface area contributed by atoms with Crippen molar-refractivity contribution in [3.05, 3.63) is 34.9 Å². The first-order chi connectivity index (χ1) is 7.16. The Balaban J connectivity index is 2.21. The number of ether oxygens (including phenoxy) is 1. The second-order valence-corrected chi connectivity index (χ2v) is 4.96. The van der Waals surface area contributed by atoms with Crippen LogP contribution in [-0.4, -0.2) is 12.0 Å². The van der Waals surface area contributed by atoms with Gasteiger partial charge in [-0.15, -0.1) is 11.6 Å². The van der Waals surface area contributed by atoms with Crippen molar-refractivity contribution in [2.75, 3.05) is 6.61 Å². The second kappa shape index (κ2) is 4.54. The zero-order chi connectivity index (χ0) is 10.8. The molecule has 1 saturated heterocycles. The van der Waals surface area contributed by atoms with Gasteiger partial charge in [-0.2, -0.15) is 0 Å². The zero-order valence-corrected chi connectivity index (χ0v) is 10.1. The third-order valence-corrected chi connectivity index (χ3v) is 3.39. The van der Waals surface area contributed by atoms with Crippen molar-refractivity contribution in [1.82, 2.24) is 0 Å². The molecule has 1 aromatic carbocycles. The largest absolute Gasteiger partial charge is 0.373 e. The van der Waals surface area contributed by atoms with E-state index >= 15 is 0 Å². The summed E-state index contributed by atoms with van der Waals surface area (Å²) in [4.78, 5) is 0. The fraction of sp³-hybridized carbons (Fsp3) is 0.538. The van der Waals surface area contributed by atoms with Crippen molar-refractivity contribution >= 4 is 11.6 Å². The number of aryl methyl sites for hydroxylation is 2. The van der Waals surface area contributed by atoms with E-state index in [4.69, 9.17) is 16.3 Å². The lowest BCUT2D eigenvalue weighted by Gasteiger charge is -2.27. The highest BCUT2D eigenvalue weighted by Gasteiger charge is 2.23. The molecule has 15 heavy (non-hydrogen) atoms. The Labute approximate surface area is 96.4 Å². The smallest absolute Gasteiger partial charge is 0.0841 e. The van der Waals surface area contributed by atoms with E-state index in [1.807, 2.05) is 0 Å². The van der Waals surface area contributed by atoms with Crippen molar-refractivity contribution in [3.63, 3.8) is 0 Å². The van der Waals surface area contributed by atoms with Crippen LogP contribution in [-0.2, 0) is 4.74 Å². The highest BCUT2D eigenvalue weighted by molar-refractivity contribution is 6.20. The van der Waals surface area contributed by atoms with Gasteiger partial charge in [-0.1, -0.05) is 23.8 Å². The zero-order valence-electron chi connectivity index (χ0n) is 9.29. The summed E-state index contributed by atoms with van der Waals surface area (Å²) >= 11 is 6.16. The van der Waals surface area contributed by atoms with E-state index in [2.05, 4.69) is 32.0 Å². The number of hydrogen-bond donors (Lipinski definition) is 0. The van der Waals surface area contributed by atoms with Crippen molar-refractivity contribution in [3.8, 4) is 0 Å². The third kappa shape index (κ3) is 2.53. The molecule has 1 aromatic rings. The summed E-state index contributed by atoms with van der Waals surface area (Å²) in [5.41, 5.74) is 3.91. The Bertz CT molecular complexity index is 348. The number of halogens is 1. The Morgan fingerprint density at radius 3 is 2.80 bits per heavy atom. The van der Waals surface area contributed by atoms with Crippen LogP contribution in [0.1, 0.15) is 35.6 Å². The lowest BCUT2D eigenvalue weighted by atomic mass is 9.96. The average Bonchev–Trinajstić information content (AvgIpc) is 2.17. The summed E-state index contributed by atoms with van der Waals surface area (Å²) in [6, 6.07) is 6.52. The summed E-state index contributed by atoms with van der Waals surface area (Å²) in [7, 11) is 0.